The predicted octanol–water partition coefficient (Wildman–Crippen LogP) is 0.923. The van der Waals surface area contributed by atoms with Crippen molar-refractivity contribution in [3.05, 3.63) is 35.9 Å². The van der Waals surface area contributed by atoms with Crippen LogP contribution in [0.2, 0.25) is 0 Å². The van der Waals surface area contributed by atoms with Crippen LogP contribution in [0.5, 0.6) is 0 Å². The first-order valence-corrected chi connectivity index (χ1v) is 6.72. The Morgan fingerprint density at radius 2 is 1.88 bits per heavy atom. The van der Waals surface area contributed by atoms with E-state index in [0.717, 1.165) is 4.31 Å². The maximum absolute atomic E-state index is 11.8. The Morgan fingerprint density at radius 1 is 1.29 bits per heavy atom. The summed E-state index contributed by atoms with van der Waals surface area (Å²) in [6.07, 6.45) is -0.190. The molecule has 0 radical (unpaired) electrons. The number of aliphatic carboxylic acids is 1. The minimum Gasteiger partial charge on any atom is -0.481 e. The van der Waals surface area contributed by atoms with Gasteiger partial charge in [-0.15, -0.1) is 0 Å². The highest BCUT2D eigenvalue weighted by molar-refractivity contribution is 7.88. The standard InChI is InChI=1S/C11H15NO4S/c1-12(8-7-11(13)14)17(15,16)9-10-5-3-2-4-6-10/h2-6H,7-9H2,1H3,(H,13,14). The maximum atomic E-state index is 11.8. The lowest BCUT2D eigenvalue weighted by molar-refractivity contribution is -0.137. The molecule has 94 valence electrons. The number of hydrogen-bond donors (Lipinski definition) is 1. The van der Waals surface area contributed by atoms with E-state index in [4.69, 9.17) is 5.11 Å². The van der Waals surface area contributed by atoms with Gasteiger partial charge in [0.15, 0.2) is 0 Å². The van der Waals surface area contributed by atoms with E-state index in [1.54, 1.807) is 24.3 Å². The summed E-state index contributed by atoms with van der Waals surface area (Å²) in [6.45, 7) is -0.00942. The monoisotopic (exact) mass is 257 g/mol. The molecule has 1 aromatic carbocycles. The number of carboxylic acids is 1. The Bertz CT molecular complexity index is 470. The molecule has 0 aliphatic carbocycles. The second kappa shape index (κ2) is 5.79. The molecular weight excluding hydrogens is 242 g/mol. The van der Waals surface area contributed by atoms with E-state index in [0.29, 0.717) is 5.56 Å². The zero-order chi connectivity index (χ0) is 12.9. The quantitative estimate of drug-likeness (QED) is 0.822. The van der Waals surface area contributed by atoms with Gasteiger partial charge in [-0.25, -0.2) is 12.7 Å². The topological polar surface area (TPSA) is 74.7 Å². The average Bonchev–Trinajstić information content (AvgIpc) is 2.26. The Balaban J connectivity index is 2.65. The third-order valence-corrected chi connectivity index (χ3v) is 4.14. The van der Waals surface area contributed by atoms with Crippen LogP contribution in [0.25, 0.3) is 0 Å². The van der Waals surface area contributed by atoms with Crippen molar-refractivity contribution in [3.8, 4) is 0 Å². The van der Waals surface area contributed by atoms with Gasteiger partial charge in [0.1, 0.15) is 0 Å². The van der Waals surface area contributed by atoms with Crippen LogP contribution in [0, 0.1) is 0 Å². The van der Waals surface area contributed by atoms with Crippen molar-refractivity contribution in [1.82, 2.24) is 4.31 Å². The van der Waals surface area contributed by atoms with Crippen molar-refractivity contribution in [2.24, 2.45) is 0 Å². The lowest BCUT2D eigenvalue weighted by Crippen LogP contribution is -2.30. The third kappa shape index (κ3) is 4.54. The molecule has 1 N–H and O–H groups in total. The molecule has 5 nitrogen and oxygen atoms in total. The molecular formula is C11H15NO4S. The summed E-state index contributed by atoms with van der Waals surface area (Å²) in [6, 6.07) is 8.79. The summed E-state index contributed by atoms with van der Waals surface area (Å²) in [5.74, 6) is -1.11. The smallest absolute Gasteiger partial charge is 0.304 e. The molecule has 0 atom stereocenters. The van der Waals surface area contributed by atoms with Gasteiger partial charge in [0.05, 0.1) is 12.2 Å². The Kier molecular flexibility index (Phi) is 4.65. The van der Waals surface area contributed by atoms with Crippen LogP contribution in [-0.4, -0.2) is 37.4 Å². The van der Waals surface area contributed by atoms with Crippen molar-refractivity contribution in [2.45, 2.75) is 12.2 Å². The second-order valence-corrected chi connectivity index (χ2v) is 5.78. The molecule has 0 saturated carbocycles. The molecule has 0 fully saturated rings. The van der Waals surface area contributed by atoms with Gasteiger partial charge in [-0.1, -0.05) is 30.3 Å². The molecule has 0 amide bonds. The van der Waals surface area contributed by atoms with Gasteiger partial charge in [0.25, 0.3) is 0 Å². The fraction of sp³-hybridized carbons (Fsp3) is 0.364. The molecule has 0 unspecified atom stereocenters. The highest BCUT2D eigenvalue weighted by Gasteiger charge is 2.18. The zero-order valence-electron chi connectivity index (χ0n) is 9.54. The van der Waals surface area contributed by atoms with Crippen LogP contribution >= 0.6 is 0 Å². The summed E-state index contributed by atoms with van der Waals surface area (Å²) < 4.78 is 24.8. The molecule has 0 spiro atoms. The van der Waals surface area contributed by atoms with E-state index < -0.39 is 16.0 Å². The molecule has 0 bridgehead atoms. The number of rotatable bonds is 6. The summed E-state index contributed by atoms with van der Waals surface area (Å²) >= 11 is 0. The van der Waals surface area contributed by atoms with Gasteiger partial charge in [-0.05, 0) is 5.56 Å². The minimum atomic E-state index is -3.44. The van der Waals surface area contributed by atoms with Crippen LogP contribution in [0.4, 0.5) is 0 Å². The largest absolute Gasteiger partial charge is 0.481 e. The maximum Gasteiger partial charge on any atom is 0.304 e. The number of nitrogens with zero attached hydrogens (tertiary/aromatic N) is 1. The van der Waals surface area contributed by atoms with Gasteiger partial charge < -0.3 is 5.11 Å². The molecule has 0 saturated heterocycles. The van der Waals surface area contributed by atoms with Gasteiger partial charge in [-0.3, -0.25) is 4.79 Å². The first-order valence-electron chi connectivity index (χ1n) is 5.11. The van der Waals surface area contributed by atoms with Gasteiger partial charge in [0.2, 0.25) is 10.0 Å². The number of carbonyl (C=O) groups is 1. The highest BCUT2D eigenvalue weighted by atomic mass is 32.2. The fourth-order valence-electron chi connectivity index (χ4n) is 1.29. The summed E-state index contributed by atoms with van der Waals surface area (Å²) in [5, 5.41) is 8.50. The van der Waals surface area contributed by atoms with Gasteiger partial charge in [-0.2, -0.15) is 0 Å². The van der Waals surface area contributed by atoms with Crippen molar-refractivity contribution in [1.29, 1.82) is 0 Å². The third-order valence-electron chi connectivity index (χ3n) is 2.31. The van der Waals surface area contributed by atoms with E-state index >= 15 is 0 Å². The Morgan fingerprint density at radius 3 is 2.41 bits per heavy atom. The van der Waals surface area contributed by atoms with E-state index in [2.05, 4.69) is 0 Å². The molecule has 1 rings (SSSR count). The van der Waals surface area contributed by atoms with E-state index in [1.165, 1.54) is 7.05 Å². The number of sulfonamides is 1. The van der Waals surface area contributed by atoms with Crippen molar-refractivity contribution >= 4 is 16.0 Å². The van der Waals surface area contributed by atoms with Crippen LogP contribution in [0.1, 0.15) is 12.0 Å². The molecule has 0 aliphatic rings. The number of benzene rings is 1. The second-order valence-electron chi connectivity index (χ2n) is 3.71. The molecule has 0 aliphatic heterocycles. The Hall–Kier alpha value is -1.40. The normalized spacial score (nSPS) is 11.6. The summed E-state index contributed by atoms with van der Waals surface area (Å²) in [5.41, 5.74) is 0.690. The van der Waals surface area contributed by atoms with Crippen molar-refractivity contribution in [2.75, 3.05) is 13.6 Å². The summed E-state index contributed by atoms with van der Waals surface area (Å²) in [4.78, 5) is 10.4. The lowest BCUT2D eigenvalue weighted by atomic mass is 10.2. The van der Waals surface area contributed by atoms with E-state index in [-0.39, 0.29) is 18.7 Å². The summed E-state index contributed by atoms with van der Waals surface area (Å²) in [7, 11) is -2.05. The van der Waals surface area contributed by atoms with Crippen LogP contribution in [-0.2, 0) is 20.6 Å². The van der Waals surface area contributed by atoms with Crippen molar-refractivity contribution < 1.29 is 18.3 Å². The average molecular weight is 257 g/mol. The minimum absolute atomic E-state index is 0.00942. The first-order chi connectivity index (χ1) is 7.92. The molecule has 0 aromatic heterocycles. The van der Waals surface area contributed by atoms with Crippen molar-refractivity contribution in [3.63, 3.8) is 0 Å². The SMILES string of the molecule is CN(CCC(=O)O)S(=O)(=O)Cc1ccccc1. The Labute approximate surface area is 101 Å². The highest BCUT2D eigenvalue weighted by Crippen LogP contribution is 2.09. The van der Waals surface area contributed by atoms with Crippen LogP contribution in [0.15, 0.2) is 30.3 Å². The molecule has 0 heterocycles. The fourth-order valence-corrected chi connectivity index (χ4v) is 2.49. The first kappa shape index (κ1) is 13.7. The number of carboxylic acid groups (broad SMARTS) is 1. The lowest BCUT2D eigenvalue weighted by Gasteiger charge is -2.15. The zero-order valence-corrected chi connectivity index (χ0v) is 10.4. The van der Waals surface area contributed by atoms with E-state index in [1.807, 2.05) is 6.07 Å². The van der Waals surface area contributed by atoms with Crippen LogP contribution in [0.3, 0.4) is 0 Å². The predicted molar refractivity (Wildman–Crippen MR) is 63.9 cm³/mol. The molecule has 6 heteroatoms. The van der Waals surface area contributed by atoms with Gasteiger partial charge >= 0.3 is 5.97 Å². The van der Waals surface area contributed by atoms with E-state index in [9.17, 15) is 13.2 Å². The molecule has 1 aromatic rings. The molecule has 17 heavy (non-hydrogen) atoms. The number of hydrogen-bond acceptors (Lipinski definition) is 3. The van der Waals surface area contributed by atoms with Crippen LogP contribution < -0.4 is 0 Å². The van der Waals surface area contributed by atoms with Gasteiger partial charge in [0, 0.05) is 13.6 Å².